The zero-order valence-corrected chi connectivity index (χ0v) is 8.35. The van der Waals surface area contributed by atoms with E-state index in [2.05, 4.69) is 22.5 Å². The molecule has 64 valence electrons. The van der Waals surface area contributed by atoms with Crippen LogP contribution in [0.25, 0.3) is 0 Å². The summed E-state index contributed by atoms with van der Waals surface area (Å²) in [6.45, 7) is 5.49. The molecule has 0 atom stereocenters. The van der Waals surface area contributed by atoms with Gasteiger partial charge in [-0.2, -0.15) is 0 Å². The van der Waals surface area contributed by atoms with Crippen LogP contribution in [0.5, 0.6) is 0 Å². The number of Topliss-reactive ketones (excluding diaryl/α,β-unsaturated/α-hetero) is 1. The molecule has 0 radical (unpaired) electrons. The molecule has 1 aromatic rings. The molecule has 1 heterocycles. The quantitative estimate of drug-likeness (QED) is 0.588. The molecular weight excluding hydrogens is 220 g/mol. The molecule has 3 heteroatoms. The van der Waals surface area contributed by atoms with Gasteiger partial charge < -0.3 is 4.42 Å². The van der Waals surface area contributed by atoms with Crippen molar-refractivity contribution in [3.63, 3.8) is 0 Å². The summed E-state index contributed by atoms with van der Waals surface area (Å²) in [7, 11) is 0. The standard InChI is InChI=1S/C9H9BrO2/c1-6(2)3-8(11)7-4-9(10)12-5-7/h4-5H,1,3H2,2H3. The van der Waals surface area contributed by atoms with Gasteiger partial charge in [0.2, 0.25) is 0 Å². The van der Waals surface area contributed by atoms with Crippen LogP contribution in [0.1, 0.15) is 23.7 Å². The molecule has 0 unspecified atom stereocenters. The maximum atomic E-state index is 11.3. The average Bonchev–Trinajstić information content (AvgIpc) is 2.34. The fourth-order valence-corrected chi connectivity index (χ4v) is 1.17. The molecule has 12 heavy (non-hydrogen) atoms. The second-order valence-corrected chi connectivity index (χ2v) is 3.48. The van der Waals surface area contributed by atoms with E-state index in [9.17, 15) is 4.79 Å². The SMILES string of the molecule is C=C(C)CC(=O)c1coc(Br)c1. The van der Waals surface area contributed by atoms with Crippen molar-refractivity contribution in [2.75, 3.05) is 0 Å². The van der Waals surface area contributed by atoms with Crippen molar-refractivity contribution in [1.82, 2.24) is 0 Å². The van der Waals surface area contributed by atoms with Gasteiger partial charge in [0.25, 0.3) is 0 Å². The predicted octanol–water partition coefficient (Wildman–Crippen LogP) is 3.19. The van der Waals surface area contributed by atoms with Gasteiger partial charge in [-0.25, -0.2) is 0 Å². The lowest BCUT2D eigenvalue weighted by Crippen LogP contribution is -1.96. The van der Waals surface area contributed by atoms with E-state index in [-0.39, 0.29) is 5.78 Å². The number of allylic oxidation sites excluding steroid dienone is 1. The molecule has 2 nitrogen and oxygen atoms in total. The molecule has 0 spiro atoms. The lowest BCUT2D eigenvalue weighted by Gasteiger charge is -1.93. The van der Waals surface area contributed by atoms with Gasteiger partial charge in [0, 0.05) is 12.5 Å². The number of carbonyl (C=O) groups is 1. The van der Waals surface area contributed by atoms with Crippen LogP contribution < -0.4 is 0 Å². The Kier molecular flexibility index (Phi) is 2.87. The van der Waals surface area contributed by atoms with Gasteiger partial charge in [0.1, 0.15) is 6.26 Å². The van der Waals surface area contributed by atoms with Crippen molar-refractivity contribution >= 4 is 21.7 Å². The van der Waals surface area contributed by atoms with Gasteiger partial charge >= 0.3 is 0 Å². The molecule has 0 aliphatic carbocycles. The molecule has 0 fully saturated rings. The third-order valence-corrected chi connectivity index (χ3v) is 1.77. The Labute approximate surface area is 79.4 Å². The van der Waals surface area contributed by atoms with E-state index in [1.54, 1.807) is 6.07 Å². The number of hydrogen-bond donors (Lipinski definition) is 0. The molecule has 0 aromatic carbocycles. The van der Waals surface area contributed by atoms with Crippen molar-refractivity contribution < 1.29 is 9.21 Å². The lowest BCUT2D eigenvalue weighted by molar-refractivity contribution is 0.0992. The Morgan fingerprint density at radius 2 is 2.42 bits per heavy atom. The summed E-state index contributed by atoms with van der Waals surface area (Å²) in [5.74, 6) is 0.0388. The van der Waals surface area contributed by atoms with Crippen molar-refractivity contribution in [3.8, 4) is 0 Å². The number of rotatable bonds is 3. The Morgan fingerprint density at radius 1 is 1.75 bits per heavy atom. The van der Waals surface area contributed by atoms with Gasteiger partial charge in [-0.15, -0.1) is 0 Å². The Bertz CT molecular complexity index is 312. The van der Waals surface area contributed by atoms with E-state index in [0.717, 1.165) is 5.57 Å². The average molecular weight is 229 g/mol. The van der Waals surface area contributed by atoms with E-state index >= 15 is 0 Å². The molecule has 0 amide bonds. The summed E-state index contributed by atoms with van der Waals surface area (Å²) in [6, 6.07) is 1.66. The Morgan fingerprint density at radius 3 is 2.83 bits per heavy atom. The summed E-state index contributed by atoms with van der Waals surface area (Å²) in [6.07, 6.45) is 1.82. The summed E-state index contributed by atoms with van der Waals surface area (Å²) in [5.41, 5.74) is 1.45. The minimum atomic E-state index is 0.0388. The third-order valence-electron chi connectivity index (χ3n) is 1.35. The van der Waals surface area contributed by atoms with Gasteiger partial charge in [-0.05, 0) is 22.9 Å². The Balaban J connectivity index is 2.72. The van der Waals surface area contributed by atoms with Crippen molar-refractivity contribution in [2.45, 2.75) is 13.3 Å². The van der Waals surface area contributed by atoms with Crippen LogP contribution in [0.2, 0.25) is 0 Å². The minimum absolute atomic E-state index is 0.0388. The van der Waals surface area contributed by atoms with Crippen molar-refractivity contribution in [2.24, 2.45) is 0 Å². The smallest absolute Gasteiger partial charge is 0.170 e. The van der Waals surface area contributed by atoms with Gasteiger partial charge in [-0.1, -0.05) is 12.2 Å². The van der Waals surface area contributed by atoms with E-state index in [0.29, 0.717) is 16.7 Å². The second kappa shape index (κ2) is 3.72. The highest BCUT2D eigenvalue weighted by molar-refractivity contribution is 9.10. The predicted molar refractivity (Wildman–Crippen MR) is 50.2 cm³/mol. The van der Waals surface area contributed by atoms with Crippen LogP contribution in [0.4, 0.5) is 0 Å². The fraction of sp³-hybridized carbons (Fsp3) is 0.222. The molecule has 0 saturated carbocycles. The highest BCUT2D eigenvalue weighted by Gasteiger charge is 2.08. The van der Waals surface area contributed by atoms with E-state index < -0.39 is 0 Å². The first-order valence-electron chi connectivity index (χ1n) is 3.51. The van der Waals surface area contributed by atoms with Gasteiger partial charge in [0.05, 0.1) is 5.56 Å². The normalized spacial score (nSPS) is 9.83. The summed E-state index contributed by atoms with van der Waals surface area (Å²) < 4.78 is 5.51. The number of ketones is 1. The molecule has 0 aliphatic rings. The monoisotopic (exact) mass is 228 g/mol. The molecule has 0 saturated heterocycles. The van der Waals surface area contributed by atoms with E-state index in [4.69, 9.17) is 4.42 Å². The highest BCUT2D eigenvalue weighted by atomic mass is 79.9. The highest BCUT2D eigenvalue weighted by Crippen LogP contribution is 2.16. The summed E-state index contributed by atoms with van der Waals surface area (Å²) >= 11 is 3.13. The number of halogens is 1. The molecule has 0 N–H and O–H groups in total. The molecule has 0 aliphatic heterocycles. The van der Waals surface area contributed by atoms with Gasteiger partial charge in [-0.3, -0.25) is 4.79 Å². The topological polar surface area (TPSA) is 30.2 Å². The van der Waals surface area contributed by atoms with E-state index in [1.807, 2.05) is 6.92 Å². The number of carbonyl (C=O) groups excluding carboxylic acids is 1. The van der Waals surface area contributed by atoms with Gasteiger partial charge in [0.15, 0.2) is 10.5 Å². The maximum absolute atomic E-state index is 11.3. The summed E-state index contributed by atoms with van der Waals surface area (Å²) in [5, 5.41) is 0. The van der Waals surface area contributed by atoms with Crippen LogP contribution in [-0.4, -0.2) is 5.78 Å². The fourth-order valence-electron chi connectivity index (χ4n) is 0.832. The zero-order chi connectivity index (χ0) is 9.14. The molecule has 0 bridgehead atoms. The molecular formula is C9H9BrO2. The van der Waals surface area contributed by atoms with Crippen LogP contribution in [0.15, 0.2) is 33.6 Å². The first-order valence-corrected chi connectivity index (χ1v) is 4.30. The third kappa shape index (κ3) is 2.34. The Hall–Kier alpha value is -0.830. The summed E-state index contributed by atoms with van der Waals surface area (Å²) in [4.78, 5) is 11.3. The van der Waals surface area contributed by atoms with Crippen LogP contribution in [0.3, 0.4) is 0 Å². The maximum Gasteiger partial charge on any atom is 0.170 e. The second-order valence-electron chi connectivity index (χ2n) is 2.70. The van der Waals surface area contributed by atoms with Crippen LogP contribution in [-0.2, 0) is 0 Å². The van der Waals surface area contributed by atoms with Crippen LogP contribution >= 0.6 is 15.9 Å². The van der Waals surface area contributed by atoms with Crippen molar-refractivity contribution in [3.05, 3.63) is 34.7 Å². The largest absolute Gasteiger partial charge is 0.457 e. The first-order chi connectivity index (χ1) is 5.59. The first kappa shape index (κ1) is 9.26. The van der Waals surface area contributed by atoms with E-state index in [1.165, 1.54) is 6.26 Å². The number of hydrogen-bond acceptors (Lipinski definition) is 2. The van der Waals surface area contributed by atoms with Crippen LogP contribution in [0, 0.1) is 0 Å². The minimum Gasteiger partial charge on any atom is -0.457 e. The zero-order valence-electron chi connectivity index (χ0n) is 6.76. The lowest BCUT2D eigenvalue weighted by atomic mass is 10.1. The van der Waals surface area contributed by atoms with Crippen molar-refractivity contribution in [1.29, 1.82) is 0 Å². The number of furan rings is 1. The molecule has 1 rings (SSSR count). The molecule has 1 aromatic heterocycles.